The van der Waals surface area contributed by atoms with E-state index in [1.165, 1.54) is 22.3 Å². The predicted molar refractivity (Wildman–Crippen MR) is 125 cm³/mol. The van der Waals surface area contributed by atoms with Crippen molar-refractivity contribution in [3.8, 4) is 0 Å². The summed E-state index contributed by atoms with van der Waals surface area (Å²) in [6.45, 7) is 2.35. The van der Waals surface area contributed by atoms with E-state index < -0.39 is 0 Å². The smallest absolute Gasteiger partial charge is 0.226 e. The van der Waals surface area contributed by atoms with Crippen LogP contribution in [-0.4, -0.2) is 22.2 Å². The highest BCUT2D eigenvalue weighted by molar-refractivity contribution is 7.10. The first-order valence-corrected chi connectivity index (χ1v) is 11.2. The number of rotatable bonds is 5. The summed E-state index contributed by atoms with van der Waals surface area (Å²) in [5.74, 6) is -0.0850. The van der Waals surface area contributed by atoms with Gasteiger partial charge in [-0.25, -0.2) is 0 Å². The molecule has 31 heavy (non-hydrogen) atoms. The molecule has 0 radical (unpaired) electrons. The van der Waals surface area contributed by atoms with Gasteiger partial charge in [-0.05, 0) is 59.8 Å². The molecule has 0 saturated carbocycles. The van der Waals surface area contributed by atoms with Gasteiger partial charge in [-0.3, -0.25) is 14.3 Å². The first kappa shape index (κ1) is 19.5. The first-order valence-electron chi connectivity index (χ1n) is 10.3. The summed E-state index contributed by atoms with van der Waals surface area (Å²) in [7, 11) is 0. The van der Waals surface area contributed by atoms with Crippen molar-refractivity contribution < 1.29 is 4.79 Å². The molecule has 0 bridgehead atoms. The van der Waals surface area contributed by atoms with Crippen molar-refractivity contribution in [2.75, 3.05) is 16.8 Å². The zero-order valence-electron chi connectivity index (χ0n) is 17.0. The molecule has 4 aromatic rings. The van der Waals surface area contributed by atoms with Crippen LogP contribution in [0.5, 0.6) is 0 Å². The van der Waals surface area contributed by atoms with Gasteiger partial charge < -0.3 is 10.2 Å². The average molecular weight is 431 g/mol. The van der Waals surface area contributed by atoms with Gasteiger partial charge in [0.2, 0.25) is 11.3 Å². The van der Waals surface area contributed by atoms with Crippen LogP contribution in [0.25, 0.3) is 10.9 Å². The molecule has 1 aliphatic rings. The molecule has 0 atom stereocenters. The SMILES string of the molecule is O=C(CCn1ncc(=O)c2ccccc21)Nc1ccc(N2CCc3sccc3C2)cc1. The lowest BCUT2D eigenvalue weighted by molar-refractivity contribution is -0.116. The highest BCUT2D eigenvalue weighted by atomic mass is 32.1. The molecule has 1 N–H and O–H groups in total. The van der Waals surface area contributed by atoms with Crippen molar-refractivity contribution in [1.29, 1.82) is 0 Å². The third-order valence-corrected chi connectivity index (χ3v) is 6.66. The van der Waals surface area contributed by atoms with Crippen LogP contribution in [-0.2, 0) is 24.3 Å². The Bertz CT molecular complexity index is 1290. The van der Waals surface area contributed by atoms with E-state index >= 15 is 0 Å². The minimum atomic E-state index is -0.111. The third kappa shape index (κ3) is 4.09. The number of para-hydroxylation sites is 1. The van der Waals surface area contributed by atoms with E-state index in [4.69, 9.17) is 0 Å². The molecular formula is C24H22N4O2S. The second-order valence-corrected chi connectivity index (χ2v) is 8.64. The van der Waals surface area contributed by atoms with Gasteiger partial charge in [0.05, 0.1) is 18.3 Å². The van der Waals surface area contributed by atoms with Crippen LogP contribution in [0.1, 0.15) is 16.9 Å². The summed E-state index contributed by atoms with van der Waals surface area (Å²) in [5, 5.41) is 9.91. The summed E-state index contributed by atoms with van der Waals surface area (Å²) in [6.07, 6.45) is 2.66. The Balaban J connectivity index is 1.21. The number of hydrogen-bond acceptors (Lipinski definition) is 5. The second kappa shape index (κ2) is 8.35. The fourth-order valence-corrected chi connectivity index (χ4v) is 4.88. The topological polar surface area (TPSA) is 67.2 Å². The van der Waals surface area contributed by atoms with Crippen molar-refractivity contribution in [2.45, 2.75) is 25.9 Å². The van der Waals surface area contributed by atoms with Gasteiger partial charge in [0, 0.05) is 41.1 Å². The highest BCUT2D eigenvalue weighted by Gasteiger charge is 2.17. The Hall–Kier alpha value is -3.45. The zero-order valence-corrected chi connectivity index (χ0v) is 17.8. The summed E-state index contributed by atoms with van der Waals surface area (Å²) in [4.78, 5) is 28.3. The maximum atomic E-state index is 12.5. The van der Waals surface area contributed by atoms with Gasteiger partial charge in [-0.15, -0.1) is 11.3 Å². The minimum absolute atomic E-state index is 0.0850. The molecule has 2 aromatic carbocycles. The van der Waals surface area contributed by atoms with Gasteiger partial charge in [0.1, 0.15) is 0 Å². The monoisotopic (exact) mass is 430 g/mol. The molecule has 1 aliphatic heterocycles. The summed E-state index contributed by atoms with van der Waals surface area (Å²) in [5.41, 5.74) is 3.98. The van der Waals surface area contributed by atoms with E-state index in [0.717, 1.165) is 30.7 Å². The molecule has 156 valence electrons. The lowest BCUT2D eigenvalue weighted by Crippen LogP contribution is -2.29. The van der Waals surface area contributed by atoms with E-state index in [9.17, 15) is 9.59 Å². The number of nitrogens with zero attached hydrogens (tertiary/aromatic N) is 3. The van der Waals surface area contributed by atoms with E-state index in [-0.39, 0.29) is 17.8 Å². The van der Waals surface area contributed by atoms with Gasteiger partial charge in [-0.1, -0.05) is 12.1 Å². The molecule has 0 aliphatic carbocycles. The number of aryl methyl sites for hydroxylation is 1. The molecule has 3 heterocycles. The Labute approximate surface area is 183 Å². The highest BCUT2D eigenvalue weighted by Crippen LogP contribution is 2.28. The van der Waals surface area contributed by atoms with E-state index in [1.54, 1.807) is 10.7 Å². The van der Waals surface area contributed by atoms with Crippen LogP contribution in [0.4, 0.5) is 11.4 Å². The third-order valence-electron chi connectivity index (χ3n) is 5.64. The van der Waals surface area contributed by atoms with Gasteiger partial charge in [-0.2, -0.15) is 5.10 Å². The average Bonchev–Trinajstić information content (AvgIpc) is 3.27. The summed E-state index contributed by atoms with van der Waals surface area (Å²) in [6, 6.07) is 17.5. The number of benzene rings is 2. The number of fused-ring (bicyclic) bond motifs is 2. The fraction of sp³-hybridized carbons (Fsp3) is 0.208. The van der Waals surface area contributed by atoms with Crippen LogP contribution in [0.2, 0.25) is 0 Å². The number of aromatic nitrogens is 2. The Kier molecular flexibility index (Phi) is 5.26. The van der Waals surface area contributed by atoms with Crippen LogP contribution in [0, 0.1) is 0 Å². The lowest BCUT2D eigenvalue weighted by Gasteiger charge is -2.29. The maximum absolute atomic E-state index is 12.5. The molecule has 1 amide bonds. The fourth-order valence-electron chi connectivity index (χ4n) is 3.99. The number of amides is 1. The normalized spacial score (nSPS) is 13.2. The Morgan fingerprint density at radius 1 is 1.10 bits per heavy atom. The van der Waals surface area contributed by atoms with Crippen LogP contribution in [0.15, 0.2) is 71.0 Å². The number of anilines is 2. The molecular weight excluding hydrogens is 408 g/mol. The second-order valence-electron chi connectivity index (χ2n) is 7.63. The van der Waals surface area contributed by atoms with Crippen molar-refractivity contribution in [3.63, 3.8) is 0 Å². The van der Waals surface area contributed by atoms with Crippen molar-refractivity contribution in [3.05, 3.63) is 86.8 Å². The molecule has 0 saturated heterocycles. The van der Waals surface area contributed by atoms with E-state index in [0.29, 0.717) is 11.9 Å². The molecule has 6 nitrogen and oxygen atoms in total. The number of hydrogen-bond donors (Lipinski definition) is 1. The number of carbonyl (C=O) groups excluding carboxylic acids is 1. The lowest BCUT2D eigenvalue weighted by atomic mass is 10.1. The number of carbonyl (C=O) groups is 1. The van der Waals surface area contributed by atoms with E-state index in [1.807, 2.05) is 41.7 Å². The molecule has 0 spiro atoms. The molecule has 0 fully saturated rings. The van der Waals surface area contributed by atoms with Crippen LogP contribution < -0.4 is 15.6 Å². The van der Waals surface area contributed by atoms with Gasteiger partial charge in [0.15, 0.2) is 0 Å². The van der Waals surface area contributed by atoms with Gasteiger partial charge in [0.25, 0.3) is 0 Å². The van der Waals surface area contributed by atoms with Crippen molar-refractivity contribution in [2.24, 2.45) is 0 Å². The van der Waals surface area contributed by atoms with Crippen molar-refractivity contribution in [1.82, 2.24) is 9.78 Å². The first-order chi connectivity index (χ1) is 15.2. The van der Waals surface area contributed by atoms with Crippen molar-refractivity contribution >= 4 is 39.5 Å². The minimum Gasteiger partial charge on any atom is -0.367 e. The number of thiophene rings is 1. The maximum Gasteiger partial charge on any atom is 0.226 e. The van der Waals surface area contributed by atoms with Gasteiger partial charge >= 0.3 is 0 Å². The Morgan fingerprint density at radius 3 is 2.81 bits per heavy atom. The molecule has 2 aromatic heterocycles. The van der Waals surface area contributed by atoms with Crippen LogP contribution in [0.3, 0.4) is 0 Å². The largest absolute Gasteiger partial charge is 0.367 e. The zero-order chi connectivity index (χ0) is 21.2. The Morgan fingerprint density at radius 2 is 1.94 bits per heavy atom. The standard InChI is InChI=1S/C24H22N4O2S/c29-22-15-25-28(21-4-2-1-3-20(21)22)13-10-24(30)26-18-5-7-19(8-6-18)27-12-9-23-17(16-27)11-14-31-23/h1-8,11,14-15H,9-10,12-13,16H2,(H,26,30). The molecule has 7 heteroatoms. The van der Waals surface area contributed by atoms with Crippen LogP contribution >= 0.6 is 11.3 Å². The quantitative estimate of drug-likeness (QED) is 0.519. The molecule has 5 rings (SSSR count). The predicted octanol–water partition coefficient (Wildman–Crippen LogP) is 4.05. The molecule has 0 unspecified atom stereocenters. The van der Waals surface area contributed by atoms with E-state index in [2.05, 4.69) is 38.9 Å². The summed E-state index contributed by atoms with van der Waals surface area (Å²) >= 11 is 1.84. The number of nitrogens with one attached hydrogen (secondary N) is 1. The summed E-state index contributed by atoms with van der Waals surface area (Å²) < 4.78 is 1.70.